The third kappa shape index (κ3) is 0.593. The van der Waals surface area contributed by atoms with Crippen molar-refractivity contribution in [2.24, 2.45) is 34.5 Å². The fourth-order valence-corrected chi connectivity index (χ4v) is 5.93. The minimum absolute atomic E-state index is 0.778. The van der Waals surface area contributed by atoms with Crippen molar-refractivity contribution < 1.29 is 0 Å². The highest BCUT2D eigenvalue weighted by Gasteiger charge is 2.83. The molecule has 3 aliphatic rings. The SMILES string of the molecule is CC(C)C1C2(C)C3CCC12C(C)C3. The Kier molecular flexibility index (Phi) is 1.27. The lowest BCUT2D eigenvalue weighted by Gasteiger charge is -2.30. The molecule has 0 heteroatoms. The van der Waals surface area contributed by atoms with Crippen LogP contribution in [-0.4, -0.2) is 0 Å². The van der Waals surface area contributed by atoms with E-state index in [4.69, 9.17) is 0 Å². The van der Waals surface area contributed by atoms with E-state index in [0.717, 1.165) is 34.5 Å². The number of hydrogen-bond donors (Lipinski definition) is 0. The molecule has 0 spiro atoms. The lowest BCUT2D eigenvalue weighted by atomic mass is 9.75. The van der Waals surface area contributed by atoms with Crippen molar-refractivity contribution in [2.75, 3.05) is 0 Å². The Hall–Kier alpha value is 0. The van der Waals surface area contributed by atoms with E-state index in [2.05, 4.69) is 27.7 Å². The molecule has 74 valence electrons. The second-order valence-electron chi connectivity index (χ2n) is 6.42. The molecular weight excluding hydrogens is 156 g/mol. The maximum absolute atomic E-state index is 2.60. The Morgan fingerprint density at radius 3 is 2.31 bits per heavy atom. The van der Waals surface area contributed by atoms with Gasteiger partial charge in [0.15, 0.2) is 0 Å². The van der Waals surface area contributed by atoms with Gasteiger partial charge in [0.1, 0.15) is 0 Å². The Morgan fingerprint density at radius 2 is 2.00 bits per heavy atom. The van der Waals surface area contributed by atoms with Crippen LogP contribution in [0.2, 0.25) is 0 Å². The number of rotatable bonds is 1. The molecular formula is C13H22. The van der Waals surface area contributed by atoms with Crippen LogP contribution in [0.25, 0.3) is 0 Å². The minimum atomic E-state index is 0.778. The van der Waals surface area contributed by atoms with Crippen molar-refractivity contribution in [1.29, 1.82) is 0 Å². The highest BCUT2D eigenvalue weighted by Crippen LogP contribution is 2.89. The summed E-state index contributed by atoms with van der Waals surface area (Å²) < 4.78 is 0. The molecule has 0 aromatic carbocycles. The van der Waals surface area contributed by atoms with Crippen LogP contribution in [0.15, 0.2) is 0 Å². The van der Waals surface area contributed by atoms with Gasteiger partial charge in [-0.2, -0.15) is 0 Å². The molecule has 2 bridgehead atoms. The van der Waals surface area contributed by atoms with Gasteiger partial charge < -0.3 is 0 Å². The maximum Gasteiger partial charge on any atom is -0.0176 e. The van der Waals surface area contributed by atoms with Crippen LogP contribution < -0.4 is 0 Å². The molecule has 13 heavy (non-hydrogen) atoms. The fraction of sp³-hybridized carbons (Fsp3) is 1.00. The molecule has 0 aromatic heterocycles. The Bertz CT molecular complexity index is 255. The normalized spacial score (nSPS) is 63.0. The maximum atomic E-state index is 2.60. The van der Waals surface area contributed by atoms with Gasteiger partial charge in [0.25, 0.3) is 0 Å². The van der Waals surface area contributed by atoms with Crippen molar-refractivity contribution in [3.8, 4) is 0 Å². The second-order valence-corrected chi connectivity index (χ2v) is 6.42. The summed E-state index contributed by atoms with van der Waals surface area (Å²) in [5.74, 6) is 4.12. The van der Waals surface area contributed by atoms with E-state index >= 15 is 0 Å². The minimum Gasteiger partial charge on any atom is -0.0625 e. The highest BCUT2D eigenvalue weighted by molar-refractivity contribution is 5.31. The summed E-state index contributed by atoms with van der Waals surface area (Å²) in [4.78, 5) is 0. The van der Waals surface area contributed by atoms with Gasteiger partial charge in [-0.1, -0.05) is 27.7 Å². The van der Waals surface area contributed by atoms with E-state index in [1.54, 1.807) is 19.3 Å². The topological polar surface area (TPSA) is 0 Å². The van der Waals surface area contributed by atoms with Gasteiger partial charge in [0, 0.05) is 0 Å². The van der Waals surface area contributed by atoms with Crippen molar-refractivity contribution in [3.05, 3.63) is 0 Å². The molecule has 3 rings (SSSR count). The Morgan fingerprint density at radius 1 is 1.31 bits per heavy atom. The van der Waals surface area contributed by atoms with E-state index in [1.807, 2.05) is 0 Å². The predicted octanol–water partition coefficient (Wildman–Crippen LogP) is 3.71. The first-order chi connectivity index (χ1) is 6.05. The van der Waals surface area contributed by atoms with E-state index in [9.17, 15) is 0 Å². The molecule has 3 aliphatic carbocycles. The molecule has 3 fully saturated rings. The third-order valence-corrected chi connectivity index (χ3v) is 6.06. The second kappa shape index (κ2) is 1.99. The summed E-state index contributed by atoms with van der Waals surface area (Å²) in [5, 5.41) is 0. The fourth-order valence-electron chi connectivity index (χ4n) is 5.93. The Labute approximate surface area is 82.1 Å². The summed E-state index contributed by atoms with van der Waals surface area (Å²) in [6.45, 7) is 9.98. The molecule has 5 unspecified atom stereocenters. The van der Waals surface area contributed by atoms with E-state index < -0.39 is 0 Å². The smallest absolute Gasteiger partial charge is 0.0176 e. The van der Waals surface area contributed by atoms with E-state index in [1.165, 1.54) is 0 Å². The first-order valence-electron chi connectivity index (χ1n) is 6.05. The third-order valence-electron chi connectivity index (χ3n) is 6.06. The van der Waals surface area contributed by atoms with E-state index in [-0.39, 0.29) is 0 Å². The molecule has 0 N–H and O–H groups in total. The van der Waals surface area contributed by atoms with Crippen LogP contribution in [0.1, 0.15) is 47.0 Å². The molecule has 0 amide bonds. The quantitative estimate of drug-likeness (QED) is 0.574. The first kappa shape index (κ1) is 8.32. The van der Waals surface area contributed by atoms with Crippen LogP contribution in [0.4, 0.5) is 0 Å². The molecule has 0 saturated heterocycles. The molecule has 0 aromatic rings. The standard InChI is InChI=1S/C13H22/c1-8(2)11-12(4)10-5-6-13(11,12)9(3)7-10/h8-11H,5-7H2,1-4H3. The zero-order chi connectivity index (χ0) is 9.43. The number of hydrogen-bond acceptors (Lipinski definition) is 0. The molecule has 3 saturated carbocycles. The van der Waals surface area contributed by atoms with E-state index in [0.29, 0.717) is 0 Å². The summed E-state index contributed by atoms with van der Waals surface area (Å²) in [6.07, 6.45) is 4.64. The van der Waals surface area contributed by atoms with Gasteiger partial charge >= 0.3 is 0 Å². The van der Waals surface area contributed by atoms with Gasteiger partial charge in [-0.25, -0.2) is 0 Å². The zero-order valence-electron chi connectivity index (χ0n) is 9.43. The molecule has 5 atom stereocenters. The zero-order valence-corrected chi connectivity index (χ0v) is 9.43. The summed E-state index contributed by atoms with van der Waals surface area (Å²) in [7, 11) is 0. The van der Waals surface area contributed by atoms with Gasteiger partial charge in [-0.05, 0) is 53.8 Å². The summed E-state index contributed by atoms with van der Waals surface area (Å²) in [6, 6.07) is 0. The molecule has 0 heterocycles. The van der Waals surface area contributed by atoms with Crippen LogP contribution in [0.3, 0.4) is 0 Å². The van der Waals surface area contributed by atoms with Gasteiger partial charge in [0.2, 0.25) is 0 Å². The van der Waals surface area contributed by atoms with Crippen LogP contribution in [0, 0.1) is 34.5 Å². The molecule has 0 radical (unpaired) electrons. The average molecular weight is 178 g/mol. The first-order valence-corrected chi connectivity index (χ1v) is 6.05. The van der Waals surface area contributed by atoms with Gasteiger partial charge in [0.05, 0.1) is 0 Å². The largest absolute Gasteiger partial charge is 0.0625 e. The lowest BCUT2D eigenvalue weighted by molar-refractivity contribution is 0.192. The van der Waals surface area contributed by atoms with Crippen molar-refractivity contribution >= 4 is 0 Å². The lowest BCUT2D eigenvalue weighted by Crippen LogP contribution is -2.22. The summed E-state index contributed by atoms with van der Waals surface area (Å²) in [5.41, 5.74) is 1.59. The van der Waals surface area contributed by atoms with Crippen LogP contribution in [-0.2, 0) is 0 Å². The van der Waals surface area contributed by atoms with Crippen LogP contribution >= 0.6 is 0 Å². The monoisotopic (exact) mass is 178 g/mol. The van der Waals surface area contributed by atoms with Crippen LogP contribution in [0.5, 0.6) is 0 Å². The van der Waals surface area contributed by atoms with Gasteiger partial charge in [-0.3, -0.25) is 0 Å². The average Bonchev–Trinajstić information content (AvgIpc) is 2.40. The van der Waals surface area contributed by atoms with Crippen molar-refractivity contribution in [2.45, 2.75) is 47.0 Å². The Balaban J connectivity index is 2.02. The molecule has 0 aliphatic heterocycles. The predicted molar refractivity (Wildman–Crippen MR) is 55.4 cm³/mol. The highest BCUT2D eigenvalue weighted by atomic mass is 14.9. The van der Waals surface area contributed by atoms with Crippen molar-refractivity contribution in [1.82, 2.24) is 0 Å². The van der Waals surface area contributed by atoms with Gasteiger partial charge in [-0.15, -0.1) is 0 Å². The summed E-state index contributed by atoms with van der Waals surface area (Å²) >= 11 is 0. The molecule has 0 nitrogen and oxygen atoms in total. The van der Waals surface area contributed by atoms with Crippen molar-refractivity contribution in [3.63, 3.8) is 0 Å².